The van der Waals surface area contributed by atoms with Crippen LogP contribution in [-0.4, -0.2) is 13.1 Å². The van der Waals surface area contributed by atoms with Gasteiger partial charge < -0.3 is 10.1 Å². The third-order valence-corrected chi connectivity index (χ3v) is 4.01. The molecule has 0 saturated heterocycles. The van der Waals surface area contributed by atoms with Crippen LogP contribution in [0.15, 0.2) is 42.5 Å². The molecule has 2 aromatic carbocycles. The van der Waals surface area contributed by atoms with E-state index >= 15 is 0 Å². The summed E-state index contributed by atoms with van der Waals surface area (Å²) in [5, 5.41) is 4.03. The summed E-state index contributed by atoms with van der Waals surface area (Å²) in [5.41, 5.74) is 3.05. The lowest BCUT2D eigenvalue weighted by Crippen LogP contribution is -2.41. The molecule has 2 aromatic rings. The minimum atomic E-state index is -0.656. The van der Waals surface area contributed by atoms with Gasteiger partial charge in [-0.05, 0) is 56.3 Å². The first-order valence-electron chi connectivity index (χ1n) is 7.01. The molecule has 1 aliphatic rings. The molecule has 1 N–H and O–H groups in total. The van der Waals surface area contributed by atoms with Crippen molar-refractivity contribution >= 4 is 34.8 Å². The third kappa shape index (κ3) is 2.62. The van der Waals surface area contributed by atoms with E-state index in [2.05, 4.69) is 5.32 Å². The van der Waals surface area contributed by atoms with Crippen LogP contribution in [0.3, 0.4) is 0 Å². The SMILES string of the molecule is CN1C(=O)OC(C)(C)c2cc(Nc3ccc(Cl)cc3)ccc21. The van der Waals surface area contributed by atoms with Gasteiger partial charge in [-0.15, -0.1) is 0 Å². The second kappa shape index (κ2) is 5.21. The highest BCUT2D eigenvalue weighted by atomic mass is 35.5. The number of halogens is 1. The van der Waals surface area contributed by atoms with Gasteiger partial charge in [0, 0.05) is 29.0 Å². The van der Waals surface area contributed by atoms with Gasteiger partial charge in [-0.1, -0.05) is 11.6 Å². The van der Waals surface area contributed by atoms with Crippen LogP contribution in [0.25, 0.3) is 0 Å². The maximum atomic E-state index is 11.9. The van der Waals surface area contributed by atoms with Gasteiger partial charge >= 0.3 is 6.09 Å². The molecule has 22 heavy (non-hydrogen) atoms. The van der Waals surface area contributed by atoms with Crippen LogP contribution < -0.4 is 10.2 Å². The monoisotopic (exact) mass is 316 g/mol. The number of ether oxygens (including phenoxy) is 1. The second-order valence-corrected chi connectivity index (χ2v) is 6.24. The predicted octanol–water partition coefficient (Wildman–Crippen LogP) is 4.91. The van der Waals surface area contributed by atoms with Gasteiger partial charge in [-0.3, -0.25) is 4.90 Å². The van der Waals surface area contributed by atoms with Crippen LogP contribution in [0.4, 0.5) is 21.9 Å². The van der Waals surface area contributed by atoms with Crippen molar-refractivity contribution in [3.05, 3.63) is 53.1 Å². The number of benzene rings is 2. The summed E-state index contributed by atoms with van der Waals surface area (Å²) in [4.78, 5) is 13.4. The molecule has 0 fully saturated rings. The van der Waals surface area contributed by atoms with Crippen LogP contribution >= 0.6 is 11.6 Å². The van der Waals surface area contributed by atoms with Crippen molar-refractivity contribution in [3.63, 3.8) is 0 Å². The highest BCUT2D eigenvalue weighted by Crippen LogP contribution is 2.39. The van der Waals surface area contributed by atoms with Gasteiger partial charge in [0.25, 0.3) is 0 Å². The Morgan fingerprint density at radius 1 is 1.09 bits per heavy atom. The zero-order valence-corrected chi connectivity index (χ0v) is 13.4. The van der Waals surface area contributed by atoms with Gasteiger partial charge in [0.2, 0.25) is 0 Å². The van der Waals surface area contributed by atoms with Gasteiger partial charge in [-0.2, -0.15) is 0 Å². The molecule has 0 spiro atoms. The Hall–Kier alpha value is -2.20. The molecule has 1 aliphatic heterocycles. The third-order valence-electron chi connectivity index (χ3n) is 3.76. The Balaban J connectivity index is 1.96. The lowest BCUT2D eigenvalue weighted by Gasteiger charge is -2.37. The van der Waals surface area contributed by atoms with Gasteiger partial charge in [0.15, 0.2) is 0 Å². The molecule has 114 valence electrons. The summed E-state index contributed by atoms with van der Waals surface area (Å²) in [7, 11) is 1.71. The maximum Gasteiger partial charge on any atom is 0.414 e. The Bertz CT molecular complexity index is 726. The minimum absolute atomic E-state index is 0.337. The Kier molecular flexibility index (Phi) is 3.49. The maximum absolute atomic E-state index is 11.9. The number of nitrogens with zero attached hydrogens (tertiary/aromatic N) is 1. The van der Waals surface area contributed by atoms with Crippen LogP contribution in [-0.2, 0) is 10.3 Å². The molecule has 1 amide bonds. The molecule has 0 atom stereocenters. The fraction of sp³-hybridized carbons (Fsp3) is 0.235. The van der Waals surface area contributed by atoms with E-state index in [4.69, 9.17) is 16.3 Å². The van der Waals surface area contributed by atoms with E-state index in [0.717, 1.165) is 22.6 Å². The molecular formula is C17H17ClN2O2. The molecular weight excluding hydrogens is 300 g/mol. The first kappa shape index (κ1) is 14.7. The second-order valence-electron chi connectivity index (χ2n) is 5.80. The van der Waals surface area contributed by atoms with Gasteiger partial charge in [-0.25, -0.2) is 4.79 Å². The molecule has 0 aromatic heterocycles. The zero-order chi connectivity index (χ0) is 15.9. The number of hydrogen-bond acceptors (Lipinski definition) is 3. The Morgan fingerprint density at radius 3 is 2.41 bits per heavy atom. The van der Waals surface area contributed by atoms with Crippen LogP contribution in [0.5, 0.6) is 0 Å². The average Bonchev–Trinajstić information content (AvgIpc) is 2.47. The van der Waals surface area contributed by atoms with Gasteiger partial charge in [0.1, 0.15) is 5.60 Å². The number of hydrogen-bond donors (Lipinski definition) is 1. The van der Waals surface area contributed by atoms with E-state index in [-0.39, 0.29) is 6.09 Å². The van der Waals surface area contributed by atoms with E-state index in [1.807, 2.05) is 56.3 Å². The first-order chi connectivity index (χ1) is 10.4. The topological polar surface area (TPSA) is 41.6 Å². The number of amides is 1. The first-order valence-corrected chi connectivity index (χ1v) is 7.38. The quantitative estimate of drug-likeness (QED) is 0.856. The number of nitrogens with one attached hydrogen (secondary N) is 1. The van der Waals surface area contributed by atoms with Crippen molar-refractivity contribution in [2.75, 3.05) is 17.3 Å². The van der Waals surface area contributed by atoms with E-state index in [9.17, 15) is 4.79 Å². The Labute approximate surface area is 134 Å². The molecule has 0 bridgehead atoms. The van der Waals surface area contributed by atoms with Crippen molar-refractivity contribution in [1.29, 1.82) is 0 Å². The number of carbonyl (C=O) groups excluding carboxylic acids is 1. The van der Waals surface area contributed by atoms with E-state index in [0.29, 0.717) is 5.02 Å². The van der Waals surface area contributed by atoms with E-state index in [1.165, 1.54) is 4.90 Å². The predicted molar refractivity (Wildman–Crippen MR) is 89.1 cm³/mol. The van der Waals surface area contributed by atoms with E-state index < -0.39 is 5.60 Å². The number of cyclic esters (lactones) is 1. The summed E-state index contributed by atoms with van der Waals surface area (Å²) >= 11 is 5.89. The zero-order valence-electron chi connectivity index (χ0n) is 12.7. The minimum Gasteiger partial charge on any atom is -0.438 e. The Morgan fingerprint density at radius 2 is 1.73 bits per heavy atom. The molecule has 1 heterocycles. The lowest BCUT2D eigenvalue weighted by molar-refractivity contribution is 0.0362. The molecule has 5 heteroatoms. The summed E-state index contributed by atoms with van der Waals surface area (Å²) < 4.78 is 5.48. The molecule has 0 unspecified atom stereocenters. The number of rotatable bonds is 2. The van der Waals surface area contributed by atoms with Crippen LogP contribution in [0.1, 0.15) is 19.4 Å². The van der Waals surface area contributed by atoms with Crippen molar-refractivity contribution in [2.45, 2.75) is 19.4 Å². The van der Waals surface area contributed by atoms with Crippen molar-refractivity contribution in [1.82, 2.24) is 0 Å². The molecule has 0 saturated carbocycles. The fourth-order valence-electron chi connectivity index (χ4n) is 2.53. The summed E-state index contributed by atoms with van der Waals surface area (Å²) in [6, 6.07) is 13.4. The van der Waals surface area contributed by atoms with Gasteiger partial charge in [0.05, 0.1) is 5.69 Å². The standard InChI is InChI=1S/C17H17ClN2O2/c1-17(2)14-10-13(19-12-6-4-11(18)5-7-12)8-9-15(14)20(3)16(21)22-17/h4-10,19H,1-3H3. The lowest BCUT2D eigenvalue weighted by atomic mass is 9.93. The van der Waals surface area contributed by atoms with Crippen molar-refractivity contribution < 1.29 is 9.53 Å². The van der Waals surface area contributed by atoms with Crippen LogP contribution in [0, 0.1) is 0 Å². The summed E-state index contributed by atoms with van der Waals surface area (Å²) in [6.45, 7) is 3.78. The van der Waals surface area contributed by atoms with Crippen molar-refractivity contribution in [2.24, 2.45) is 0 Å². The highest BCUT2D eigenvalue weighted by Gasteiger charge is 2.36. The fourth-order valence-corrected chi connectivity index (χ4v) is 2.65. The van der Waals surface area contributed by atoms with Crippen LogP contribution in [0.2, 0.25) is 5.02 Å². The number of carbonyl (C=O) groups is 1. The smallest absolute Gasteiger partial charge is 0.414 e. The van der Waals surface area contributed by atoms with E-state index in [1.54, 1.807) is 7.05 Å². The molecule has 0 aliphatic carbocycles. The highest BCUT2D eigenvalue weighted by molar-refractivity contribution is 6.30. The summed E-state index contributed by atoms with van der Waals surface area (Å²) in [6.07, 6.45) is -0.337. The number of fused-ring (bicyclic) bond motifs is 1. The normalized spacial score (nSPS) is 16.0. The number of anilines is 3. The molecule has 3 rings (SSSR count). The molecule has 0 radical (unpaired) electrons. The molecule has 4 nitrogen and oxygen atoms in total. The van der Waals surface area contributed by atoms with Crippen molar-refractivity contribution in [3.8, 4) is 0 Å². The largest absolute Gasteiger partial charge is 0.438 e. The summed E-state index contributed by atoms with van der Waals surface area (Å²) in [5.74, 6) is 0. The average molecular weight is 317 g/mol.